The van der Waals surface area contributed by atoms with E-state index in [0.29, 0.717) is 12.8 Å². The summed E-state index contributed by atoms with van der Waals surface area (Å²) in [6.07, 6.45) is 3.50. The molecule has 20 heavy (non-hydrogen) atoms. The Hall–Kier alpha value is -1.26. The van der Waals surface area contributed by atoms with Crippen LogP contribution in [0.4, 0.5) is 0 Å². The zero-order valence-electron chi connectivity index (χ0n) is 12.6. The summed E-state index contributed by atoms with van der Waals surface area (Å²) in [6.45, 7) is 5.57. The topological polar surface area (TPSA) is 39.7 Å². The monoisotopic (exact) mass is 279 g/mol. The quantitative estimate of drug-likeness (QED) is 0.833. The predicted molar refractivity (Wildman–Crippen MR) is 79.4 cm³/mol. The Morgan fingerprint density at radius 2 is 2.20 bits per heavy atom. The number of nitrogens with one attached hydrogen (secondary N) is 1. The fourth-order valence-corrected chi connectivity index (χ4v) is 2.39. The van der Waals surface area contributed by atoms with Crippen LogP contribution in [0.5, 0.6) is 11.5 Å². The van der Waals surface area contributed by atoms with Crippen molar-refractivity contribution in [1.29, 1.82) is 0 Å². The van der Waals surface area contributed by atoms with Gasteiger partial charge in [0.2, 0.25) is 0 Å². The largest absolute Gasteiger partial charge is 0.493 e. The van der Waals surface area contributed by atoms with Crippen LogP contribution in [0.25, 0.3) is 0 Å². The molecule has 0 saturated carbocycles. The second-order valence-corrected chi connectivity index (χ2v) is 5.46. The van der Waals surface area contributed by atoms with Crippen molar-refractivity contribution in [3.63, 3.8) is 0 Å². The first kappa shape index (κ1) is 15.1. The molecule has 1 aliphatic rings. The maximum Gasteiger partial charge on any atom is 0.161 e. The van der Waals surface area contributed by atoms with Crippen LogP contribution in [0.15, 0.2) is 18.2 Å². The lowest BCUT2D eigenvalue weighted by Crippen LogP contribution is -2.23. The molecule has 1 N–H and O–H groups in total. The first-order valence-electron chi connectivity index (χ1n) is 7.33. The van der Waals surface area contributed by atoms with Crippen LogP contribution in [0, 0.1) is 0 Å². The summed E-state index contributed by atoms with van der Waals surface area (Å²) in [6, 6.07) is 6.72. The van der Waals surface area contributed by atoms with Gasteiger partial charge in [0, 0.05) is 6.04 Å². The van der Waals surface area contributed by atoms with E-state index in [4.69, 9.17) is 14.2 Å². The average molecular weight is 279 g/mol. The minimum Gasteiger partial charge on any atom is -0.493 e. The number of methoxy groups -OCH3 is 1. The number of hydrogen-bond donors (Lipinski definition) is 1. The van der Waals surface area contributed by atoms with Gasteiger partial charge in [0.15, 0.2) is 11.5 Å². The van der Waals surface area contributed by atoms with Gasteiger partial charge >= 0.3 is 0 Å². The Balaban J connectivity index is 1.87. The van der Waals surface area contributed by atoms with E-state index in [9.17, 15) is 0 Å². The fourth-order valence-electron chi connectivity index (χ4n) is 2.39. The third kappa shape index (κ3) is 4.39. The third-order valence-corrected chi connectivity index (χ3v) is 3.40. The van der Waals surface area contributed by atoms with Crippen LogP contribution in [-0.2, 0) is 11.2 Å². The highest BCUT2D eigenvalue weighted by molar-refractivity contribution is 5.43. The molecule has 0 radical (unpaired) electrons. The molecule has 1 unspecified atom stereocenters. The molecule has 4 nitrogen and oxygen atoms in total. The molecule has 0 aromatic heterocycles. The molecule has 1 aromatic carbocycles. The van der Waals surface area contributed by atoms with Crippen molar-refractivity contribution >= 4 is 0 Å². The van der Waals surface area contributed by atoms with Gasteiger partial charge in [-0.2, -0.15) is 0 Å². The summed E-state index contributed by atoms with van der Waals surface area (Å²) in [5.74, 6) is 1.63. The molecule has 1 fully saturated rings. The molecule has 1 heterocycles. The number of benzene rings is 1. The Labute approximate surface area is 121 Å². The van der Waals surface area contributed by atoms with Gasteiger partial charge < -0.3 is 14.2 Å². The summed E-state index contributed by atoms with van der Waals surface area (Å²) >= 11 is 0. The van der Waals surface area contributed by atoms with Gasteiger partial charge in [0.1, 0.15) is 0 Å². The summed E-state index contributed by atoms with van der Waals surface area (Å²) in [4.78, 5) is 0. The Bertz CT molecular complexity index is 414. The van der Waals surface area contributed by atoms with Gasteiger partial charge in [0.25, 0.3) is 0 Å². The Morgan fingerprint density at radius 1 is 1.35 bits per heavy atom. The van der Waals surface area contributed by atoms with Gasteiger partial charge in [-0.1, -0.05) is 6.07 Å². The van der Waals surface area contributed by atoms with E-state index < -0.39 is 0 Å². The van der Waals surface area contributed by atoms with E-state index in [2.05, 4.69) is 17.4 Å². The lowest BCUT2D eigenvalue weighted by molar-refractivity contribution is 0.188. The van der Waals surface area contributed by atoms with Gasteiger partial charge in [-0.15, -0.1) is 0 Å². The minimum absolute atomic E-state index is 0.156. The van der Waals surface area contributed by atoms with E-state index in [1.165, 1.54) is 5.56 Å². The van der Waals surface area contributed by atoms with Crippen LogP contribution in [0.1, 0.15) is 32.3 Å². The van der Waals surface area contributed by atoms with E-state index in [0.717, 1.165) is 37.4 Å². The average Bonchev–Trinajstić information content (AvgIpc) is 2.93. The lowest BCUT2D eigenvalue weighted by Gasteiger charge is -2.15. The summed E-state index contributed by atoms with van der Waals surface area (Å²) in [7, 11) is 1.69. The van der Waals surface area contributed by atoms with Gasteiger partial charge in [0.05, 0.1) is 26.6 Å². The number of ether oxygens (including phenoxy) is 3. The maximum absolute atomic E-state index is 5.73. The predicted octanol–water partition coefficient (Wildman–Crippen LogP) is 2.75. The van der Waals surface area contributed by atoms with Crippen LogP contribution in [0.3, 0.4) is 0 Å². The van der Waals surface area contributed by atoms with E-state index in [1.54, 1.807) is 7.11 Å². The number of rotatable bonds is 7. The molecule has 0 bridgehead atoms. The first-order chi connectivity index (χ1) is 9.69. The number of hydrogen-bond acceptors (Lipinski definition) is 4. The molecular formula is C16H25NO3. The van der Waals surface area contributed by atoms with E-state index in [1.807, 2.05) is 19.9 Å². The SMILES string of the molecule is COc1cc(CCCC2COCN2)ccc1OC(C)C. The molecule has 4 heteroatoms. The van der Waals surface area contributed by atoms with Crippen LogP contribution in [-0.4, -0.2) is 32.6 Å². The zero-order valence-corrected chi connectivity index (χ0v) is 12.6. The van der Waals surface area contributed by atoms with Crippen molar-refractivity contribution in [1.82, 2.24) is 5.32 Å². The van der Waals surface area contributed by atoms with Crippen molar-refractivity contribution in [2.45, 2.75) is 45.3 Å². The zero-order chi connectivity index (χ0) is 14.4. The van der Waals surface area contributed by atoms with Gasteiger partial charge in [-0.05, 0) is 50.8 Å². The second kappa shape index (κ2) is 7.50. The highest BCUT2D eigenvalue weighted by Gasteiger charge is 2.14. The molecule has 0 aliphatic carbocycles. The van der Waals surface area contributed by atoms with E-state index in [-0.39, 0.29) is 6.10 Å². The molecule has 1 saturated heterocycles. The van der Waals surface area contributed by atoms with E-state index >= 15 is 0 Å². The Kier molecular flexibility index (Phi) is 5.68. The summed E-state index contributed by atoms with van der Waals surface area (Å²) < 4.78 is 16.4. The molecule has 1 atom stereocenters. The highest BCUT2D eigenvalue weighted by atomic mass is 16.5. The third-order valence-electron chi connectivity index (χ3n) is 3.40. The minimum atomic E-state index is 0.156. The van der Waals surface area contributed by atoms with Gasteiger partial charge in [-0.3, -0.25) is 5.32 Å². The van der Waals surface area contributed by atoms with Crippen molar-refractivity contribution < 1.29 is 14.2 Å². The lowest BCUT2D eigenvalue weighted by atomic mass is 10.0. The molecule has 1 aliphatic heterocycles. The van der Waals surface area contributed by atoms with Crippen LogP contribution >= 0.6 is 0 Å². The smallest absolute Gasteiger partial charge is 0.161 e. The molecular weight excluding hydrogens is 254 g/mol. The molecule has 2 rings (SSSR count). The molecule has 112 valence electrons. The molecule has 0 spiro atoms. The van der Waals surface area contributed by atoms with Crippen molar-refractivity contribution in [2.75, 3.05) is 20.4 Å². The molecule has 0 amide bonds. The second-order valence-electron chi connectivity index (χ2n) is 5.46. The van der Waals surface area contributed by atoms with Crippen molar-refractivity contribution in [2.24, 2.45) is 0 Å². The standard InChI is InChI=1S/C16H25NO3/c1-12(2)20-15-8-7-13(9-16(15)18-3)5-4-6-14-10-19-11-17-14/h7-9,12,14,17H,4-6,10-11H2,1-3H3. The fraction of sp³-hybridized carbons (Fsp3) is 0.625. The summed E-state index contributed by atoms with van der Waals surface area (Å²) in [5, 5.41) is 3.33. The number of aryl methyl sites for hydroxylation is 1. The van der Waals surface area contributed by atoms with Crippen LogP contribution in [0.2, 0.25) is 0 Å². The van der Waals surface area contributed by atoms with Gasteiger partial charge in [-0.25, -0.2) is 0 Å². The summed E-state index contributed by atoms with van der Waals surface area (Å²) in [5.41, 5.74) is 1.29. The Morgan fingerprint density at radius 3 is 2.85 bits per heavy atom. The maximum atomic E-state index is 5.73. The van der Waals surface area contributed by atoms with Crippen LogP contribution < -0.4 is 14.8 Å². The molecule has 1 aromatic rings. The normalized spacial score (nSPS) is 18.5. The highest BCUT2D eigenvalue weighted by Crippen LogP contribution is 2.29. The van der Waals surface area contributed by atoms with Crippen molar-refractivity contribution in [3.8, 4) is 11.5 Å². The van der Waals surface area contributed by atoms with Crippen molar-refractivity contribution in [3.05, 3.63) is 23.8 Å². The first-order valence-corrected chi connectivity index (χ1v) is 7.33.